The first-order valence-electron chi connectivity index (χ1n) is 6.36. The van der Waals surface area contributed by atoms with E-state index in [9.17, 15) is 0 Å². The van der Waals surface area contributed by atoms with E-state index in [0.29, 0.717) is 0 Å². The van der Waals surface area contributed by atoms with E-state index < -0.39 is 0 Å². The predicted octanol–water partition coefficient (Wildman–Crippen LogP) is 2.74. The molecule has 0 spiro atoms. The predicted molar refractivity (Wildman–Crippen MR) is 68.6 cm³/mol. The molecule has 1 aliphatic rings. The zero-order chi connectivity index (χ0) is 12.1. The summed E-state index contributed by atoms with van der Waals surface area (Å²) in [5, 5.41) is 3.49. The molecule has 1 saturated carbocycles. The van der Waals surface area contributed by atoms with Crippen LogP contribution in [0.5, 0.6) is 11.5 Å². The Bertz CT molecular complexity index is 361. The Morgan fingerprint density at radius 2 is 2.18 bits per heavy atom. The van der Waals surface area contributed by atoms with Crippen molar-refractivity contribution in [2.45, 2.75) is 38.8 Å². The molecule has 17 heavy (non-hydrogen) atoms. The number of ether oxygens (including phenoxy) is 2. The van der Waals surface area contributed by atoms with Crippen LogP contribution in [0.1, 0.15) is 31.7 Å². The lowest BCUT2D eigenvalue weighted by Crippen LogP contribution is -2.15. The molecule has 0 radical (unpaired) electrons. The van der Waals surface area contributed by atoms with E-state index in [1.807, 2.05) is 12.1 Å². The Morgan fingerprint density at radius 1 is 1.35 bits per heavy atom. The van der Waals surface area contributed by atoms with Crippen LogP contribution in [0, 0.1) is 0 Å². The second-order valence-electron chi connectivity index (χ2n) is 4.48. The van der Waals surface area contributed by atoms with Crippen LogP contribution in [0.15, 0.2) is 18.2 Å². The summed E-state index contributed by atoms with van der Waals surface area (Å²) >= 11 is 0. The first kappa shape index (κ1) is 12.2. The lowest BCUT2D eigenvalue weighted by molar-refractivity contribution is 0.314. The molecule has 0 amide bonds. The summed E-state index contributed by atoms with van der Waals surface area (Å²) in [5.41, 5.74) is 1.20. The van der Waals surface area contributed by atoms with E-state index in [-0.39, 0.29) is 0 Å². The van der Waals surface area contributed by atoms with Gasteiger partial charge in [0.05, 0.1) is 13.7 Å². The van der Waals surface area contributed by atoms with Crippen molar-refractivity contribution in [3.8, 4) is 11.5 Å². The molecule has 1 aliphatic carbocycles. The van der Waals surface area contributed by atoms with Crippen molar-refractivity contribution in [2.75, 3.05) is 13.7 Å². The molecule has 1 fully saturated rings. The van der Waals surface area contributed by atoms with Crippen molar-refractivity contribution in [2.24, 2.45) is 0 Å². The smallest absolute Gasteiger partial charge is 0.127 e. The second kappa shape index (κ2) is 5.92. The third-order valence-corrected chi connectivity index (χ3v) is 2.89. The summed E-state index contributed by atoms with van der Waals surface area (Å²) < 4.78 is 11.0. The van der Waals surface area contributed by atoms with E-state index >= 15 is 0 Å². The van der Waals surface area contributed by atoms with E-state index in [4.69, 9.17) is 9.47 Å². The van der Waals surface area contributed by atoms with Gasteiger partial charge >= 0.3 is 0 Å². The zero-order valence-corrected chi connectivity index (χ0v) is 10.7. The maximum Gasteiger partial charge on any atom is 0.127 e. The first-order valence-corrected chi connectivity index (χ1v) is 6.36. The van der Waals surface area contributed by atoms with Crippen molar-refractivity contribution in [3.05, 3.63) is 23.8 Å². The lowest BCUT2D eigenvalue weighted by atomic mass is 10.2. The third kappa shape index (κ3) is 3.63. The Balaban J connectivity index is 1.98. The topological polar surface area (TPSA) is 30.5 Å². The molecule has 0 unspecified atom stereocenters. The molecule has 0 saturated heterocycles. The number of rotatable bonds is 7. The molecule has 0 bridgehead atoms. The number of hydrogen-bond donors (Lipinski definition) is 1. The Kier molecular flexibility index (Phi) is 4.26. The molecular formula is C14H21NO2. The maximum atomic E-state index is 5.59. The van der Waals surface area contributed by atoms with Crippen LogP contribution in [0.4, 0.5) is 0 Å². The Morgan fingerprint density at radius 3 is 2.82 bits per heavy atom. The van der Waals surface area contributed by atoms with Gasteiger partial charge in [-0.05, 0) is 25.3 Å². The van der Waals surface area contributed by atoms with Crippen LogP contribution in [0.3, 0.4) is 0 Å². The number of benzene rings is 1. The lowest BCUT2D eigenvalue weighted by Gasteiger charge is -2.12. The van der Waals surface area contributed by atoms with Gasteiger partial charge in [0.25, 0.3) is 0 Å². The summed E-state index contributed by atoms with van der Waals surface area (Å²) in [4.78, 5) is 0. The van der Waals surface area contributed by atoms with Crippen LogP contribution in [-0.4, -0.2) is 19.8 Å². The SMILES string of the molecule is CCCOc1ccc(CNC2CC2)c(OC)c1. The fourth-order valence-electron chi connectivity index (χ4n) is 1.72. The summed E-state index contributed by atoms with van der Waals surface area (Å²) in [5.74, 6) is 1.80. The standard InChI is InChI=1S/C14H21NO2/c1-3-8-17-13-7-4-11(14(9-13)16-2)10-15-12-5-6-12/h4,7,9,12,15H,3,5-6,8,10H2,1-2H3. The summed E-state index contributed by atoms with van der Waals surface area (Å²) in [6.07, 6.45) is 3.63. The number of hydrogen-bond acceptors (Lipinski definition) is 3. The monoisotopic (exact) mass is 235 g/mol. The minimum absolute atomic E-state index is 0.718. The van der Waals surface area contributed by atoms with E-state index in [1.54, 1.807) is 7.11 Å². The van der Waals surface area contributed by atoms with E-state index in [0.717, 1.165) is 37.1 Å². The van der Waals surface area contributed by atoms with E-state index in [1.165, 1.54) is 18.4 Å². The van der Waals surface area contributed by atoms with Gasteiger partial charge in [0.15, 0.2) is 0 Å². The minimum Gasteiger partial charge on any atom is -0.496 e. The molecule has 1 N–H and O–H groups in total. The highest BCUT2D eigenvalue weighted by molar-refractivity contribution is 5.40. The average Bonchev–Trinajstić information content (AvgIpc) is 3.18. The minimum atomic E-state index is 0.718. The first-order chi connectivity index (χ1) is 8.33. The van der Waals surface area contributed by atoms with Crippen molar-refractivity contribution in [1.82, 2.24) is 5.32 Å². The van der Waals surface area contributed by atoms with Crippen molar-refractivity contribution in [3.63, 3.8) is 0 Å². The van der Waals surface area contributed by atoms with Gasteiger partial charge in [0.1, 0.15) is 11.5 Å². The summed E-state index contributed by atoms with van der Waals surface area (Å²) in [7, 11) is 1.71. The fourth-order valence-corrected chi connectivity index (χ4v) is 1.72. The van der Waals surface area contributed by atoms with Gasteiger partial charge in [0.2, 0.25) is 0 Å². The molecule has 0 aromatic heterocycles. The molecule has 2 rings (SSSR count). The normalized spacial score (nSPS) is 14.7. The summed E-state index contributed by atoms with van der Waals surface area (Å²) in [6.45, 7) is 3.73. The summed E-state index contributed by atoms with van der Waals surface area (Å²) in [6, 6.07) is 6.79. The van der Waals surface area contributed by atoms with Crippen molar-refractivity contribution in [1.29, 1.82) is 0 Å². The molecule has 0 aliphatic heterocycles. The fraction of sp³-hybridized carbons (Fsp3) is 0.571. The maximum absolute atomic E-state index is 5.59. The quantitative estimate of drug-likeness (QED) is 0.788. The van der Waals surface area contributed by atoms with Crippen molar-refractivity contribution >= 4 is 0 Å². The van der Waals surface area contributed by atoms with Gasteiger partial charge in [0, 0.05) is 24.2 Å². The van der Waals surface area contributed by atoms with Gasteiger partial charge in [-0.2, -0.15) is 0 Å². The van der Waals surface area contributed by atoms with Crippen molar-refractivity contribution < 1.29 is 9.47 Å². The number of nitrogens with one attached hydrogen (secondary N) is 1. The highest BCUT2D eigenvalue weighted by Crippen LogP contribution is 2.26. The van der Waals surface area contributed by atoms with Gasteiger partial charge in [-0.1, -0.05) is 13.0 Å². The Labute approximate surface area is 103 Å². The molecular weight excluding hydrogens is 214 g/mol. The molecule has 1 aromatic carbocycles. The average molecular weight is 235 g/mol. The second-order valence-corrected chi connectivity index (χ2v) is 4.48. The molecule has 1 aromatic rings. The Hall–Kier alpha value is -1.22. The molecule has 0 atom stereocenters. The third-order valence-electron chi connectivity index (χ3n) is 2.89. The highest BCUT2D eigenvalue weighted by Gasteiger charge is 2.20. The zero-order valence-electron chi connectivity index (χ0n) is 10.7. The van der Waals surface area contributed by atoms with Crippen LogP contribution in [0.2, 0.25) is 0 Å². The molecule has 94 valence electrons. The van der Waals surface area contributed by atoms with Crippen LogP contribution in [0.25, 0.3) is 0 Å². The molecule has 0 heterocycles. The molecule has 3 nitrogen and oxygen atoms in total. The van der Waals surface area contributed by atoms with Crippen LogP contribution in [-0.2, 0) is 6.54 Å². The molecule has 3 heteroatoms. The highest BCUT2D eigenvalue weighted by atomic mass is 16.5. The van der Waals surface area contributed by atoms with Gasteiger partial charge < -0.3 is 14.8 Å². The van der Waals surface area contributed by atoms with Gasteiger partial charge in [-0.25, -0.2) is 0 Å². The van der Waals surface area contributed by atoms with Crippen LogP contribution < -0.4 is 14.8 Å². The number of methoxy groups -OCH3 is 1. The van der Waals surface area contributed by atoms with Crippen LogP contribution >= 0.6 is 0 Å². The van der Waals surface area contributed by atoms with E-state index in [2.05, 4.69) is 18.3 Å². The largest absolute Gasteiger partial charge is 0.496 e. The van der Waals surface area contributed by atoms with Gasteiger partial charge in [-0.15, -0.1) is 0 Å². The van der Waals surface area contributed by atoms with Gasteiger partial charge in [-0.3, -0.25) is 0 Å².